The van der Waals surface area contributed by atoms with Crippen molar-refractivity contribution in [2.24, 2.45) is 0 Å². The first-order chi connectivity index (χ1) is 17.1. The zero-order valence-electron chi connectivity index (χ0n) is 19.9. The maximum Gasteiger partial charge on any atom is 0.223 e. The average Bonchev–Trinajstić information content (AvgIpc) is 3.29. The number of imidazole rings is 1. The Morgan fingerprint density at radius 3 is 2.54 bits per heavy atom. The van der Waals surface area contributed by atoms with E-state index in [-0.39, 0.29) is 23.8 Å². The summed E-state index contributed by atoms with van der Waals surface area (Å²) in [5, 5.41) is 3.39. The van der Waals surface area contributed by atoms with Crippen molar-refractivity contribution in [3.05, 3.63) is 59.9 Å². The van der Waals surface area contributed by atoms with E-state index >= 15 is 0 Å². The number of nitrogens with one attached hydrogen (secondary N) is 1. The largest absolute Gasteiger partial charge is 0.381 e. The number of rotatable bonds is 7. The molecule has 2 saturated heterocycles. The first-order valence-corrected chi connectivity index (χ1v) is 12.3. The third kappa shape index (κ3) is 5.11. The molecule has 4 heterocycles. The SMILES string of the molecule is Cc1ncc(-c2nc(NC3CCN(C(C=O)c4ccccc4)CC3)ncc2F)n1C1CCOCC1. The summed E-state index contributed by atoms with van der Waals surface area (Å²) in [6, 6.07) is 9.98. The van der Waals surface area contributed by atoms with Gasteiger partial charge in [0.1, 0.15) is 17.8 Å². The molecule has 1 N–H and O–H groups in total. The monoisotopic (exact) mass is 478 g/mol. The van der Waals surface area contributed by atoms with Gasteiger partial charge in [-0.05, 0) is 38.2 Å². The van der Waals surface area contributed by atoms with Gasteiger partial charge in [0.2, 0.25) is 5.95 Å². The quantitative estimate of drug-likeness (QED) is 0.515. The molecule has 0 bridgehead atoms. The fourth-order valence-electron chi connectivity index (χ4n) is 5.18. The summed E-state index contributed by atoms with van der Waals surface area (Å²) in [6.45, 7) is 4.87. The summed E-state index contributed by atoms with van der Waals surface area (Å²) in [6.07, 6.45) is 7.35. The first-order valence-electron chi connectivity index (χ1n) is 12.3. The molecule has 1 aromatic carbocycles. The van der Waals surface area contributed by atoms with Crippen LogP contribution < -0.4 is 5.32 Å². The van der Waals surface area contributed by atoms with Crippen LogP contribution in [0, 0.1) is 12.7 Å². The predicted octanol–water partition coefficient (Wildman–Crippen LogP) is 3.96. The molecular weight excluding hydrogens is 447 g/mol. The van der Waals surface area contributed by atoms with E-state index in [0.717, 1.165) is 56.4 Å². The molecule has 2 aliphatic heterocycles. The van der Waals surface area contributed by atoms with Gasteiger partial charge in [0.25, 0.3) is 0 Å². The number of hydrogen-bond donors (Lipinski definition) is 1. The van der Waals surface area contributed by atoms with Gasteiger partial charge >= 0.3 is 0 Å². The molecule has 1 unspecified atom stereocenters. The van der Waals surface area contributed by atoms with Crippen LogP contribution in [0.1, 0.15) is 49.2 Å². The maximum atomic E-state index is 14.9. The van der Waals surface area contributed by atoms with E-state index in [2.05, 4.69) is 29.7 Å². The topological polar surface area (TPSA) is 85.2 Å². The van der Waals surface area contributed by atoms with Crippen LogP contribution in [-0.4, -0.2) is 63.1 Å². The van der Waals surface area contributed by atoms with E-state index in [1.807, 2.05) is 37.3 Å². The van der Waals surface area contributed by atoms with Crippen LogP contribution in [0.25, 0.3) is 11.4 Å². The summed E-state index contributed by atoms with van der Waals surface area (Å²) < 4.78 is 22.5. The summed E-state index contributed by atoms with van der Waals surface area (Å²) in [5.74, 6) is 0.789. The number of ether oxygens (including phenoxy) is 1. The Balaban J connectivity index is 1.28. The van der Waals surface area contributed by atoms with E-state index in [1.54, 1.807) is 6.20 Å². The van der Waals surface area contributed by atoms with Gasteiger partial charge < -0.3 is 19.4 Å². The van der Waals surface area contributed by atoms with Gasteiger partial charge in [0.05, 0.1) is 24.1 Å². The van der Waals surface area contributed by atoms with E-state index in [1.165, 1.54) is 6.20 Å². The Hall–Kier alpha value is -3.17. The molecule has 0 spiro atoms. The molecule has 3 aromatic rings. The van der Waals surface area contributed by atoms with Gasteiger partial charge in [-0.15, -0.1) is 0 Å². The van der Waals surface area contributed by atoms with E-state index in [9.17, 15) is 9.18 Å². The van der Waals surface area contributed by atoms with Crippen LogP contribution in [-0.2, 0) is 9.53 Å². The highest BCUT2D eigenvalue weighted by Crippen LogP contribution is 2.31. The lowest BCUT2D eigenvalue weighted by Crippen LogP contribution is -2.41. The van der Waals surface area contributed by atoms with Gasteiger partial charge in [-0.2, -0.15) is 0 Å². The standard InChI is InChI=1S/C26H31FN6O2/c1-18-28-16-23(33(18)21-9-13-35-14-10-21)25-22(27)15-29-26(31-25)30-20-7-11-32(12-8-20)24(17-34)19-5-3-2-4-6-19/h2-6,15-17,20-21,24H,7-14H2,1H3,(H,29,30,31). The van der Waals surface area contributed by atoms with Crippen molar-refractivity contribution in [2.75, 3.05) is 31.6 Å². The predicted molar refractivity (Wildman–Crippen MR) is 131 cm³/mol. The molecule has 1 atom stereocenters. The summed E-state index contributed by atoms with van der Waals surface area (Å²) >= 11 is 0. The number of carbonyl (C=O) groups is 1. The number of hydrogen-bond acceptors (Lipinski definition) is 7. The Bertz CT molecular complexity index is 1140. The van der Waals surface area contributed by atoms with Crippen molar-refractivity contribution in [1.29, 1.82) is 0 Å². The zero-order valence-corrected chi connectivity index (χ0v) is 19.9. The maximum absolute atomic E-state index is 14.9. The molecule has 8 nitrogen and oxygen atoms in total. The van der Waals surface area contributed by atoms with Crippen LogP contribution >= 0.6 is 0 Å². The molecule has 0 amide bonds. The second-order valence-electron chi connectivity index (χ2n) is 9.24. The highest BCUT2D eigenvalue weighted by molar-refractivity contribution is 5.61. The fourth-order valence-corrected chi connectivity index (χ4v) is 5.18. The van der Waals surface area contributed by atoms with Crippen molar-refractivity contribution in [1.82, 2.24) is 24.4 Å². The lowest BCUT2D eigenvalue weighted by atomic mass is 10.00. The fraction of sp³-hybridized carbons (Fsp3) is 0.462. The highest BCUT2D eigenvalue weighted by Gasteiger charge is 2.27. The number of aldehydes is 1. The van der Waals surface area contributed by atoms with Gasteiger partial charge in [0, 0.05) is 38.4 Å². The minimum atomic E-state index is -0.463. The van der Waals surface area contributed by atoms with Crippen molar-refractivity contribution in [3.63, 3.8) is 0 Å². The second kappa shape index (κ2) is 10.6. The smallest absolute Gasteiger partial charge is 0.223 e. The molecule has 5 rings (SSSR count). The summed E-state index contributed by atoms with van der Waals surface area (Å²) in [4.78, 5) is 27.2. The number of nitrogens with zero attached hydrogens (tertiary/aromatic N) is 5. The molecule has 35 heavy (non-hydrogen) atoms. The van der Waals surface area contributed by atoms with Crippen LogP contribution in [0.2, 0.25) is 0 Å². The van der Waals surface area contributed by atoms with Crippen LogP contribution in [0.3, 0.4) is 0 Å². The molecule has 184 valence electrons. The second-order valence-corrected chi connectivity index (χ2v) is 9.24. The molecule has 2 aromatic heterocycles. The molecule has 0 radical (unpaired) electrons. The number of likely N-dealkylation sites (tertiary alicyclic amines) is 1. The van der Waals surface area contributed by atoms with Gasteiger partial charge in [-0.3, -0.25) is 4.90 Å². The Morgan fingerprint density at radius 2 is 1.83 bits per heavy atom. The number of anilines is 1. The van der Waals surface area contributed by atoms with Gasteiger partial charge in [-0.1, -0.05) is 30.3 Å². The van der Waals surface area contributed by atoms with Crippen LogP contribution in [0.5, 0.6) is 0 Å². The first kappa shape index (κ1) is 23.6. The third-order valence-electron chi connectivity index (χ3n) is 7.05. The molecule has 2 aliphatic rings. The summed E-state index contributed by atoms with van der Waals surface area (Å²) in [5.41, 5.74) is 1.94. The summed E-state index contributed by atoms with van der Waals surface area (Å²) in [7, 11) is 0. The number of carbonyl (C=O) groups excluding carboxylic acids is 1. The number of aryl methyl sites for hydroxylation is 1. The van der Waals surface area contributed by atoms with Crippen LogP contribution in [0.4, 0.5) is 10.3 Å². The molecule has 0 aliphatic carbocycles. The van der Waals surface area contributed by atoms with Gasteiger partial charge in [0.15, 0.2) is 5.82 Å². The molecular formula is C26H31FN6O2. The highest BCUT2D eigenvalue weighted by atomic mass is 19.1. The molecule has 9 heteroatoms. The number of benzene rings is 1. The zero-order chi connectivity index (χ0) is 24.2. The third-order valence-corrected chi connectivity index (χ3v) is 7.05. The minimum absolute atomic E-state index is 0.148. The van der Waals surface area contributed by atoms with Crippen molar-refractivity contribution in [3.8, 4) is 11.4 Å². The molecule has 0 saturated carbocycles. The lowest BCUT2D eigenvalue weighted by molar-refractivity contribution is -0.113. The van der Waals surface area contributed by atoms with Crippen molar-refractivity contribution < 1.29 is 13.9 Å². The van der Waals surface area contributed by atoms with E-state index < -0.39 is 5.82 Å². The Kier molecular flexibility index (Phi) is 7.15. The average molecular weight is 479 g/mol. The van der Waals surface area contributed by atoms with Crippen LogP contribution in [0.15, 0.2) is 42.7 Å². The van der Waals surface area contributed by atoms with Gasteiger partial charge in [-0.25, -0.2) is 19.3 Å². The van der Waals surface area contributed by atoms with E-state index in [4.69, 9.17) is 4.74 Å². The Morgan fingerprint density at radius 1 is 1.09 bits per heavy atom. The normalized spacial score (nSPS) is 18.9. The number of aromatic nitrogens is 4. The Labute approximate surface area is 204 Å². The molecule has 2 fully saturated rings. The number of piperidine rings is 1. The lowest BCUT2D eigenvalue weighted by Gasteiger charge is -2.35. The van der Waals surface area contributed by atoms with Crippen molar-refractivity contribution in [2.45, 2.75) is 50.7 Å². The van der Waals surface area contributed by atoms with E-state index in [0.29, 0.717) is 24.9 Å². The minimum Gasteiger partial charge on any atom is -0.381 e. The number of halogens is 1. The van der Waals surface area contributed by atoms with Crippen molar-refractivity contribution >= 4 is 12.2 Å².